The van der Waals surface area contributed by atoms with Gasteiger partial charge in [-0.1, -0.05) is 35.5 Å². The third-order valence-corrected chi connectivity index (χ3v) is 5.03. The smallest absolute Gasteiger partial charge is 0.237 e. The number of aromatic nitrogens is 1. The molecule has 2 heterocycles. The average Bonchev–Trinajstić information content (AvgIpc) is 3.06. The molecule has 6 heteroatoms. The van der Waals surface area contributed by atoms with Gasteiger partial charge in [-0.2, -0.15) is 0 Å². The maximum atomic E-state index is 12.9. The highest BCUT2D eigenvalue weighted by atomic mass is 16.5. The van der Waals surface area contributed by atoms with E-state index in [-0.39, 0.29) is 11.9 Å². The fraction of sp³-hybridized carbons (Fsp3) is 0.524. The summed E-state index contributed by atoms with van der Waals surface area (Å²) in [7, 11) is 0. The summed E-state index contributed by atoms with van der Waals surface area (Å²) in [5, 5.41) is 4.07. The largest absolute Gasteiger partial charge is 0.361 e. The van der Waals surface area contributed by atoms with E-state index >= 15 is 0 Å². The van der Waals surface area contributed by atoms with Crippen molar-refractivity contribution in [2.45, 2.75) is 39.9 Å². The van der Waals surface area contributed by atoms with E-state index in [0.29, 0.717) is 13.1 Å². The van der Waals surface area contributed by atoms with Crippen LogP contribution < -0.4 is 0 Å². The first-order chi connectivity index (χ1) is 13.0. The topological polar surface area (TPSA) is 52.8 Å². The van der Waals surface area contributed by atoms with E-state index in [1.807, 2.05) is 36.1 Å². The van der Waals surface area contributed by atoms with E-state index < -0.39 is 0 Å². The molecule has 3 rings (SSSR count). The van der Waals surface area contributed by atoms with Gasteiger partial charge in [0.05, 0.1) is 12.2 Å². The quantitative estimate of drug-likeness (QED) is 0.750. The van der Waals surface area contributed by atoms with E-state index in [4.69, 9.17) is 4.52 Å². The zero-order valence-corrected chi connectivity index (χ0v) is 16.6. The van der Waals surface area contributed by atoms with Gasteiger partial charge in [-0.25, -0.2) is 0 Å². The predicted octanol–water partition coefficient (Wildman–Crippen LogP) is 2.54. The molecular formula is C21H30N4O2. The minimum Gasteiger partial charge on any atom is -0.361 e. The first-order valence-corrected chi connectivity index (χ1v) is 9.71. The molecule has 1 aromatic carbocycles. The van der Waals surface area contributed by atoms with Gasteiger partial charge in [0, 0.05) is 51.4 Å². The van der Waals surface area contributed by atoms with Crippen molar-refractivity contribution in [3.05, 3.63) is 53.4 Å². The minimum absolute atomic E-state index is 0.189. The summed E-state index contributed by atoms with van der Waals surface area (Å²) in [5.41, 5.74) is 2.15. The van der Waals surface area contributed by atoms with Crippen LogP contribution in [0.1, 0.15) is 30.9 Å². The van der Waals surface area contributed by atoms with Crippen molar-refractivity contribution in [2.24, 2.45) is 0 Å². The Morgan fingerprint density at radius 3 is 2.41 bits per heavy atom. The first kappa shape index (κ1) is 19.6. The fourth-order valence-corrected chi connectivity index (χ4v) is 3.45. The number of carbonyl (C=O) groups is 1. The number of benzene rings is 1. The van der Waals surface area contributed by atoms with Crippen LogP contribution >= 0.6 is 0 Å². The molecule has 0 unspecified atom stereocenters. The van der Waals surface area contributed by atoms with E-state index in [0.717, 1.165) is 44.2 Å². The molecule has 0 bridgehead atoms. The number of nitrogens with zero attached hydrogens (tertiary/aromatic N) is 4. The van der Waals surface area contributed by atoms with Gasteiger partial charge in [0.1, 0.15) is 5.76 Å². The van der Waals surface area contributed by atoms with Crippen LogP contribution in [-0.4, -0.2) is 64.5 Å². The summed E-state index contributed by atoms with van der Waals surface area (Å²) >= 11 is 0. The fourth-order valence-electron chi connectivity index (χ4n) is 3.45. The molecule has 146 valence electrons. The van der Waals surface area contributed by atoms with Crippen LogP contribution in [0.2, 0.25) is 0 Å². The molecule has 1 amide bonds. The Morgan fingerprint density at radius 1 is 1.15 bits per heavy atom. The second-order valence-corrected chi connectivity index (χ2v) is 7.58. The van der Waals surface area contributed by atoms with Gasteiger partial charge in [0.2, 0.25) is 5.91 Å². The van der Waals surface area contributed by atoms with E-state index in [2.05, 4.69) is 40.9 Å². The molecule has 2 aromatic rings. The van der Waals surface area contributed by atoms with Crippen LogP contribution in [0.5, 0.6) is 0 Å². The second kappa shape index (κ2) is 9.15. The number of aryl methyl sites for hydroxylation is 1. The lowest BCUT2D eigenvalue weighted by Gasteiger charge is -2.35. The van der Waals surface area contributed by atoms with Gasteiger partial charge in [0.25, 0.3) is 0 Å². The van der Waals surface area contributed by atoms with E-state index in [1.165, 1.54) is 5.56 Å². The summed E-state index contributed by atoms with van der Waals surface area (Å²) in [5.74, 6) is 1.05. The highest BCUT2D eigenvalue weighted by Gasteiger charge is 2.23. The number of hydrogen-bond acceptors (Lipinski definition) is 5. The predicted molar refractivity (Wildman–Crippen MR) is 105 cm³/mol. The highest BCUT2D eigenvalue weighted by Crippen LogP contribution is 2.12. The van der Waals surface area contributed by atoms with Gasteiger partial charge in [0.15, 0.2) is 0 Å². The number of piperazine rings is 1. The molecule has 1 aliphatic rings. The number of carbonyl (C=O) groups excluding carboxylic acids is 1. The molecule has 0 aliphatic carbocycles. The zero-order chi connectivity index (χ0) is 19.2. The van der Waals surface area contributed by atoms with Gasteiger partial charge in [-0.05, 0) is 26.3 Å². The molecule has 0 N–H and O–H groups in total. The number of amides is 1. The molecular weight excluding hydrogens is 340 g/mol. The molecule has 1 saturated heterocycles. The molecule has 6 nitrogen and oxygen atoms in total. The van der Waals surface area contributed by atoms with Crippen LogP contribution in [0.3, 0.4) is 0 Å². The summed E-state index contributed by atoms with van der Waals surface area (Å²) in [4.78, 5) is 19.5. The summed E-state index contributed by atoms with van der Waals surface area (Å²) in [6.07, 6.45) is 0. The third-order valence-electron chi connectivity index (χ3n) is 5.03. The molecule has 0 atom stereocenters. The normalized spacial score (nSPS) is 16.0. The lowest BCUT2D eigenvalue weighted by molar-refractivity contribution is -0.135. The molecule has 27 heavy (non-hydrogen) atoms. The van der Waals surface area contributed by atoms with Gasteiger partial charge in [-0.15, -0.1) is 0 Å². The van der Waals surface area contributed by atoms with Crippen molar-refractivity contribution in [3.8, 4) is 0 Å². The summed E-state index contributed by atoms with van der Waals surface area (Å²) in [6.45, 7) is 11.7. The SMILES string of the molecule is Cc1cc(CN2CCN(CC(=O)N(Cc3ccccc3)C(C)C)CC2)no1. The van der Waals surface area contributed by atoms with Crippen LogP contribution in [0.4, 0.5) is 0 Å². The van der Waals surface area contributed by atoms with Gasteiger partial charge >= 0.3 is 0 Å². The Bertz CT molecular complexity index is 721. The maximum Gasteiger partial charge on any atom is 0.237 e. The Kier molecular flexibility index (Phi) is 6.63. The second-order valence-electron chi connectivity index (χ2n) is 7.58. The third kappa shape index (κ3) is 5.65. The first-order valence-electron chi connectivity index (χ1n) is 9.71. The number of rotatable bonds is 7. The van der Waals surface area contributed by atoms with E-state index in [9.17, 15) is 4.79 Å². The van der Waals surface area contributed by atoms with Crippen LogP contribution in [0.15, 0.2) is 40.9 Å². The average molecular weight is 370 g/mol. The zero-order valence-electron chi connectivity index (χ0n) is 16.6. The molecule has 1 aliphatic heterocycles. The van der Waals surface area contributed by atoms with Crippen molar-refractivity contribution in [1.29, 1.82) is 0 Å². The summed E-state index contributed by atoms with van der Waals surface area (Å²) < 4.78 is 5.14. The molecule has 1 aromatic heterocycles. The van der Waals surface area contributed by atoms with Crippen molar-refractivity contribution in [1.82, 2.24) is 19.9 Å². The number of hydrogen-bond donors (Lipinski definition) is 0. The van der Waals surface area contributed by atoms with Crippen molar-refractivity contribution in [2.75, 3.05) is 32.7 Å². The molecule has 1 fully saturated rings. The Hall–Kier alpha value is -2.18. The van der Waals surface area contributed by atoms with Crippen molar-refractivity contribution >= 4 is 5.91 Å². The van der Waals surface area contributed by atoms with Crippen LogP contribution in [0, 0.1) is 6.92 Å². The van der Waals surface area contributed by atoms with Crippen molar-refractivity contribution < 1.29 is 9.32 Å². The lowest BCUT2D eigenvalue weighted by Crippen LogP contribution is -2.50. The lowest BCUT2D eigenvalue weighted by atomic mass is 10.2. The monoisotopic (exact) mass is 370 g/mol. The van der Waals surface area contributed by atoms with Gasteiger partial charge < -0.3 is 9.42 Å². The summed E-state index contributed by atoms with van der Waals surface area (Å²) in [6, 6.07) is 12.4. The Morgan fingerprint density at radius 2 is 1.81 bits per heavy atom. The van der Waals surface area contributed by atoms with Crippen molar-refractivity contribution in [3.63, 3.8) is 0 Å². The van der Waals surface area contributed by atoms with Gasteiger partial charge in [-0.3, -0.25) is 14.6 Å². The Balaban J connectivity index is 1.48. The highest BCUT2D eigenvalue weighted by molar-refractivity contribution is 5.78. The minimum atomic E-state index is 0.189. The molecule has 0 spiro atoms. The van der Waals surface area contributed by atoms with E-state index in [1.54, 1.807) is 0 Å². The van der Waals surface area contributed by atoms with Crippen LogP contribution in [-0.2, 0) is 17.9 Å². The Labute approximate surface area is 161 Å². The standard InChI is InChI=1S/C21H30N4O2/c1-17(2)25(14-19-7-5-4-6-8-19)21(26)16-24-11-9-23(10-12-24)15-20-13-18(3)27-22-20/h4-8,13,17H,9-12,14-16H2,1-3H3. The maximum absolute atomic E-state index is 12.9. The molecule has 0 radical (unpaired) electrons. The van der Waals surface area contributed by atoms with Crippen LogP contribution in [0.25, 0.3) is 0 Å². The molecule has 0 saturated carbocycles.